The highest BCUT2D eigenvalue weighted by molar-refractivity contribution is 5.94. The van der Waals surface area contributed by atoms with Crippen molar-refractivity contribution in [1.29, 1.82) is 0 Å². The predicted molar refractivity (Wildman–Crippen MR) is 83.2 cm³/mol. The van der Waals surface area contributed by atoms with Gasteiger partial charge in [-0.05, 0) is 37.1 Å². The number of amides is 1. The van der Waals surface area contributed by atoms with E-state index >= 15 is 0 Å². The van der Waals surface area contributed by atoms with Gasteiger partial charge >= 0.3 is 0 Å². The highest BCUT2D eigenvalue weighted by Gasteiger charge is 2.29. The van der Waals surface area contributed by atoms with Gasteiger partial charge in [0.05, 0.1) is 0 Å². The van der Waals surface area contributed by atoms with Crippen LogP contribution in [0, 0.1) is 5.92 Å². The molecule has 1 saturated carbocycles. The largest absolute Gasteiger partial charge is 0.508 e. The smallest absolute Gasteiger partial charge is 0.227 e. The molecule has 0 spiro atoms. The number of phenolic OH excluding ortho intramolecular Hbond substituents is 1. The van der Waals surface area contributed by atoms with Crippen LogP contribution in [0.5, 0.6) is 5.75 Å². The molecular formula is C17H18N2O2. The van der Waals surface area contributed by atoms with Crippen LogP contribution in [-0.4, -0.2) is 11.0 Å². The van der Waals surface area contributed by atoms with Gasteiger partial charge in [0.1, 0.15) is 5.75 Å². The average molecular weight is 282 g/mol. The van der Waals surface area contributed by atoms with E-state index in [4.69, 9.17) is 0 Å². The Hall–Kier alpha value is -2.49. The van der Waals surface area contributed by atoms with E-state index in [-0.39, 0.29) is 17.6 Å². The van der Waals surface area contributed by atoms with Crippen molar-refractivity contribution in [2.45, 2.75) is 19.4 Å². The fourth-order valence-corrected chi connectivity index (χ4v) is 2.15. The van der Waals surface area contributed by atoms with E-state index in [2.05, 4.69) is 10.6 Å². The molecule has 1 fully saturated rings. The van der Waals surface area contributed by atoms with Crippen molar-refractivity contribution < 1.29 is 9.90 Å². The van der Waals surface area contributed by atoms with Crippen LogP contribution in [0.3, 0.4) is 0 Å². The third-order valence-electron chi connectivity index (χ3n) is 3.55. The number of rotatable bonds is 5. The van der Waals surface area contributed by atoms with Crippen molar-refractivity contribution in [3.8, 4) is 5.75 Å². The number of phenols is 1. The number of aromatic hydroxyl groups is 1. The lowest BCUT2D eigenvalue weighted by Gasteiger charge is -2.10. The number of carbonyl (C=O) groups is 1. The molecular weight excluding hydrogens is 264 g/mol. The molecule has 0 bridgehead atoms. The molecule has 1 aliphatic rings. The van der Waals surface area contributed by atoms with E-state index in [1.54, 1.807) is 12.1 Å². The Labute approximate surface area is 123 Å². The summed E-state index contributed by atoms with van der Waals surface area (Å²) in [4.78, 5) is 11.7. The SMILES string of the molecule is O=C(Nc1cccc(NCc2ccccc2O)c1)C1CC1. The Morgan fingerprint density at radius 3 is 2.62 bits per heavy atom. The maximum Gasteiger partial charge on any atom is 0.227 e. The number of carbonyl (C=O) groups excluding carboxylic acids is 1. The van der Waals surface area contributed by atoms with Gasteiger partial charge in [-0.25, -0.2) is 0 Å². The van der Waals surface area contributed by atoms with Gasteiger partial charge in [-0.1, -0.05) is 24.3 Å². The molecule has 0 unspecified atom stereocenters. The minimum Gasteiger partial charge on any atom is -0.508 e. The molecule has 4 nitrogen and oxygen atoms in total. The maximum absolute atomic E-state index is 11.7. The fourth-order valence-electron chi connectivity index (χ4n) is 2.15. The lowest BCUT2D eigenvalue weighted by Crippen LogP contribution is -2.13. The molecule has 21 heavy (non-hydrogen) atoms. The Bertz CT molecular complexity index is 651. The van der Waals surface area contributed by atoms with Crippen LogP contribution in [0.25, 0.3) is 0 Å². The first-order valence-electron chi connectivity index (χ1n) is 7.14. The molecule has 0 atom stereocenters. The molecule has 0 aliphatic heterocycles. The predicted octanol–water partition coefficient (Wildman–Crippen LogP) is 3.35. The van der Waals surface area contributed by atoms with Crippen LogP contribution in [0.2, 0.25) is 0 Å². The summed E-state index contributed by atoms with van der Waals surface area (Å²) in [5.74, 6) is 0.582. The lowest BCUT2D eigenvalue weighted by molar-refractivity contribution is -0.117. The van der Waals surface area contributed by atoms with Crippen LogP contribution in [-0.2, 0) is 11.3 Å². The number of benzene rings is 2. The van der Waals surface area contributed by atoms with Crippen molar-refractivity contribution in [2.24, 2.45) is 5.92 Å². The number of anilines is 2. The fraction of sp³-hybridized carbons (Fsp3) is 0.235. The third kappa shape index (κ3) is 3.54. The van der Waals surface area contributed by atoms with Crippen LogP contribution in [0.15, 0.2) is 48.5 Å². The highest BCUT2D eigenvalue weighted by Crippen LogP contribution is 2.30. The Morgan fingerprint density at radius 1 is 1.10 bits per heavy atom. The third-order valence-corrected chi connectivity index (χ3v) is 3.55. The standard InChI is InChI=1S/C17H18N2O2/c20-16-7-2-1-4-13(16)11-18-14-5-3-6-15(10-14)19-17(21)12-8-9-12/h1-7,10,12,18,20H,8-9,11H2,(H,19,21). The average Bonchev–Trinajstić information content (AvgIpc) is 3.31. The summed E-state index contributed by atoms with van der Waals surface area (Å²) in [5, 5.41) is 15.9. The second-order valence-electron chi connectivity index (χ2n) is 5.33. The Kier molecular flexibility index (Phi) is 3.77. The van der Waals surface area contributed by atoms with Gasteiger partial charge in [-0.3, -0.25) is 4.79 Å². The maximum atomic E-state index is 11.7. The summed E-state index contributed by atoms with van der Waals surface area (Å²) in [6.07, 6.45) is 1.99. The molecule has 0 saturated heterocycles. The monoisotopic (exact) mass is 282 g/mol. The zero-order valence-corrected chi connectivity index (χ0v) is 11.7. The van der Waals surface area contributed by atoms with Gasteiger partial charge in [-0.15, -0.1) is 0 Å². The zero-order valence-electron chi connectivity index (χ0n) is 11.7. The molecule has 4 heteroatoms. The van der Waals surface area contributed by atoms with E-state index in [1.165, 1.54) is 0 Å². The normalized spacial score (nSPS) is 13.7. The first-order valence-corrected chi connectivity index (χ1v) is 7.14. The van der Waals surface area contributed by atoms with Crippen molar-refractivity contribution >= 4 is 17.3 Å². The summed E-state index contributed by atoms with van der Waals surface area (Å²) in [6.45, 7) is 0.534. The van der Waals surface area contributed by atoms with Gasteiger partial charge in [0.25, 0.3) is 0 Å². The molecule has 3 N–H and O–H groups in total. The minimum absolute atomic E-state index is 0.104. The van der Waals surface area contributed by atoms with Crippen LogP contribution < -0.4 is 10.6 Å². The van der Waals surface area contributed by atoms with Gasteiger partial charge in [-0.2, -0.15) is 0 Å². The van der Waals surface area contributed by atoms with Crippen molar-refractivity contribution in [3.05, 3.63) is 54.1 Å². The second kappa shape index (κ2) is 5.87. The summed E-state index contributed by atoms with van der Waals surface area (Å²) >= 11 is 0. The molecule has 0 heterocycles. The lowest BCUT2D eigenvalue weighted by atomic mass is 10.2. The summed E-state index contributed by atoms with van der Waals surface area (Å²) in [6, 6.07) is 14.9. The zero-order chi connectivity index (χ0) is 14.7. The number of nitrogens with one attached hydrogen (secondary N) is 2. The van der Waals surface area contributed by atoms with Crippen molar-refractivity contribution in [1.82, 2.24) is 0 Å². The molecule has 108 valence electrons. The van der Waals surface area contributed by atoms with Crippen molar-refractivity contribution in [2.75, 3.05) is 10.6 Å². The summed E-state index contributed by atoms with van der Waals surface area (Å²) < 4.78 is 0. The van der Waals surface area contributed by atoms with E-state index in [0.717, 1.165) is 29.8 Å². The number of para-hydroxylation sites is 1. The van der Waals surface area contributed by atoms with Gasteiger partial charge < -0.3 is 15.7 Å². The molecule has 3 rings (SSSR count). The van der Waals surface area contributed by atoms with E-state index < -0.39 is 0 Å². The topological polar surface area (TPSA) is 61.4 Å². The molecule has 2 aromatic rings. The van der Waals surface area contributed by atoms with Crippen LogP contribution in [0.1, 0.15) is 18.4 Å². The number of hydrogen-bond donors (Lipinski definition) is 3. The first kappa shape index (κ1) is 13.5. The summed E-state index contributed by atoms with van der Waals surface area (Å²) in [5.41, 5.74) is 2.55. The number of hydrogen-bond acceptors (Lipinski definition) is 3. The minimum atomic E-state index is 0.104. The Balaban J connectivity index is 1.63. The van der Waals surface area contributed by atoms with Crippen LogP contribution >= 0.6 is 0 Å². The summed E-state index contributed by atoms with van der Waals surface area (Å²) in [7, 11) is 0. The quantitative estimate of drug-likeness (QED) is 0.788. The van der Waals surface area contributed by atoms with E-state index in [9.17, 15) is 9.90 Å². The van der Waals surface area contributed by atoms with Crippen molar-refractivity contribution in [3.63, 3.8) is 0 Å². The van der Waals surface area contributed by atoms with E-state index in [0.29, 0.717) is 6.54 Å². The molecule has 0 aromatic heterocycles. The van der Waals surface area contributed by atoms with Gasteiger partial charge in [0.15, 0.2) is 0 Å². The van der Waals surface area contributed by atoms with E-state index in [1.807, 2.05) is 36.4 Å². The Morgan fingerprint density at radius 2 is 1.86 bits per heavy atom. The highest BCUT2D eigenvalue weighted by atomic mass is 16.3. The van der Waals surface area contributed by atoms with Gasteiger partial charge in [0.2, 0.25) is 5.91 Å². The molecule has 1 aliphatic carbocycles. The molecule has 0 radical (unpaired) electrons. The first-order chi connectivity index (χ1) is 10.2. The van der Waals surface area contributed by atoms with Gasteiger partial charge in [0, 0.05) is 29.4 Å². The van der Waals surface area contributed by atoms with Crippen LogP contribution in [0.4, 0.5) is 11.4 Å². The molecule has 1 amide bonds. The molecule has 2 aromatic carbocycles. The second-order valence-corrected chi connectivity index (χ2v) is 5.33.